The highest BCUT2D eigenvalue weighted by Gasteiger charge is 2.39. The normalized spacial score (nSPS) is 17.7. The number of hydrogen-bond donors (Lipinski definition) is 1. The number of nitrogens with zero attached hydrogens (tertiary/aromatic N) is 6. The van der Waals surface area contributed by atoms with Crippen LogP contribution >= 0.6 is 0 Å². The minimum Gasteiger partial charge on any atom is -0.486 e. The van der Waals surface area contributed by atoms with Crippen molar-refractivity contribution in [2.24, 2.45) is 5.11 Å². The van der Waals surface area contributed by atoms with Gasteiger partial charge in [0.25, 0.3) is 0 Å². The molecule has 11 heteroatoms. The second kappa shape index (κ2) is 8.95. The number of fused-ring (bicyclic) bond motifs is 2. The molecule has 1 unspecified atom stereocenters. The third-order valence-corrected chi connectivity index (χ3v) is 5.75. The first-order chi connectivity index (χ1) is 15.9. The van der Waals surface area contributed by atoms with Gasteiger partial charge in [0.1, 0.15) is 28.5 Å². The van der Waals surface area contributed by atoms with Gasteiger partial charge in [0.05, 0.1) is 25.4 Å². The molecule has 2 aromatic heterocycles. The van der Waals surface area contributed by atoms with Crippen LogP contribution in [0.2, 0.25) is 0 Å². The Morgan fingerprint density at radius 1 is 1.48 bits per heavy atom. The number of benzene rings is 1. The van der Waals surface area contributed by atoms with E-state index in [1.165, 1.54) is 22.8 Å². The topological polar surface area (TPSA) is 127 Å². The molecule has 0 saturated heterocycles. The number of esters is 1. The zero-order valence-electron chi connectivity index (χ0n) is 18.6. The van der Waals surface area contributed by atoms with Gasteiger partial charge in [-0.25, -0.2) is 18.7 Å². The third-order valence-electron chi connectivity index (χ3n) is 5.75. The van der Waals surface area contributed by atoms with Crippen LogP contribution in [0.1, 0.15) is 54.7 Å². The van der Waals surface area contributed by atoms with Crippen molar-refractivity contribution in [2.75, 3.05) is 18.5 Å². The Morgan fingerprint density at radius 3 is 3.03 bits per heavy atom. The van der Waals surface area contributed by atoms with Crippen LogP contribution in [0.15, 0.2) is 35.7 Å². The van der Waals surface area contributed by atoms with E-state index in [4.69, 9.17) is 15.0 Å². The van der Waals surface area contributed by atoms with Crippen molar-refractivity contribution in [1.29, 1.82) is 0 Å². The highest BCUT2D eigenvalue weighted by Crippen LogP contribution is 2.43. The zero-order valence-corrected chi connectivity index (χ0v) is 18.6. The fourth-order valence-corrected chi connectivity index (χ4v) is 4.01. The zero-order chi connectivity index (χ0) is 23.6. The van der Waals surface area contributed by atoms with Gasteiger partial charge in [-0.05, 0) is 44.0 Å². The van der Waals surface area contributed by atoms with E-state index in [2.05, 4.69) is 25.4 Å². The molecule has 1 aliphatic rings. The molecule has 0 radical (unpaired) electrons. The van der Waals surface area contributed by atoms with E-state index in [1.54, 1.807) is 19.2 Å². The Balaban J connectivity index is 1.63. The SMILES string of the molecule is CCOC(=O)c1cnn2ccc(N[C@H](C)c3cc(F)cc4c3OC(CC)(CN=[N+]=[N-])C4)nc12. The van der Waals surface area contributed by atoms with Crippen molar-refractivity contribution in [3.63, 3.8) is 0 Å². The highest BCUT2D eigenvalue weighted by molar-refractivity contribution is 5.95. The second-order valence-electron chi connectivity index (χ2n) is 7.91. The Labute approximate surface area is 189 Å². The maximum Gasteiger partial charge on any atom is 0.343 e. The number of ether oxygens (including phenoxy) is 2. The fraction of sp³-hybridized carbons (Fsp3) is 0.409. The van der Waals surface area contributed by atoms with Crippen molar-refractivity contribution in [3.05, 3.63) is 63.5 Å². The summed E-state index contributed by atoms with van der Waals surface area (Å²) in [7, 11) is 0. The van der Waals surface area contributed by atoms with Crippen LogP contribution in [0.3, 0.4) is 0 Å². The van der Waals surface area contributed by atoms with Gasteiger partial charge >= 0.3 is 5.97 Å². The highest BCUT2D eigenvalue weighted by atomic mass is 19.1. The maximum atomic E-state index is 14.5. The molecule has 0 spiro atoms. The maximum absolute atomic E-state index is 14.5. The molecular weight excluding hydrogens is 429 g/mol. The summed E-state index contributed by atoms with van der Waals surface area (Å²) in [5.41, 5.74) is 10.0. The van der Waals surface area contributed by atoms with Gasteiger partial charge in [-0.2, -0.15) is 5.10 Å². The molecule has 4 rings (SSSR count). The molecule has 10 nitrogen and oxygen atoms in total. The van der Waals surface area contributed by atoms with Crippen LogP contribution in [0.4, 0.5) is 10.2 Å². The number of hydrogen-bond acceptors (Lipinski definition) is 7. The molecule has 3 aromatic rings. The minimum absolute atomic E-state index is 0.160. The molecule has 0 amide bonds. The number of carbonyl (C=O) groups is 1. The van der Waals surface area contributed by atoms with Crippen molar-refractivity contribution in [2.45, 2.75) is 45.3 Å². The average Bonchev–Trinajstić information content (AvgIpc) is 3.38. The monoisotopic (exact) mass is 453 g/mol. The molecule has 1 aromatic carbocycles. The van der Waals surface area contributed by atoms with Gasteiger partial charge in [0.15, 0.2) is 5.65 Å². The van der Waals surface area contributed by atoms with E-state index < -0.39 is 11.6 Å². The molecule has 2 atom stereocenters. The van der Waals surface area contributed by atoms with Crippen molar-refractivity contribution in [1.82, 2.24) is 14.6 Å². The Morgan fingerprint density at radius 2 is 2.30 bits per heavy atom. The Kier molecular flexibility index (Phi) is 6.06. The van der Waals surface area contributed by atoms with E-state index >= 15 is 0 Å². The molecule has 0 bridgehead atoms. The summed E-state index contributed by atoms with van der Waals surface area (Å²) < 4.78 is 27.3. The van der Waals surface area contributed by atoms with Gasteiger partial charge in [-0.1, -0.05) is 12.0 Å². The molecular formula is C22H24FN7O3. The minimum atomic E-state index is -0.694. The predicted molar refractivity (Wildman–Crippen MR) is 119 cm³/mol. The number of anilines is 1. The van der Waals surface area contributed by atoms with E-state index in [1.807, 2.05) is 13.8 Å². The van der Waals surface area contributed by atoms with Crippen LogP contribution in [-0.4, -0.2) is 39.3 Å². The number of nitrogens with one attached hydrogen (secondary N) is 1. The summed E-state index contributed by atoms with van der Waals surface area (Å²) in [6.45, 7) is 5.95. The van der Waals surface area contributed by atoms with Crippen molar-refractivity contribution in [3.8, 4) is 5.75 Å². The molecule has 33 heavy (non-hydrogen) atoms. The van der Waals surface area contributed by atoms with Crippen LogP contribution in [0, 0.1) is 5.82 Å². The fourth-order valence-electron chi connectivity index (χ4n) is 4.01. The van der Waals surface area contributed by atoms with E-state index in [0.29, 0.717) is 35.6 Å². The lowest BCUT2D eigenvalue weighted by atomic mass is 9.93. The van der Waals surface area contributed by atoms with E-state index in [-0.39, 0.29) is 30.6 Å². The summed E-state index contributed by atoms with van der Waals surface area (Å²) in [6.07, 6.45) is 4.15. The van der Waals surface area contributed by atoms with Gasteiger partial charge in [0.2, 0.25) is 0 Å². The number of azide groups is 1. The number of halogens is 1. The first kappa shape index (κ1) is 22.3. The summed E-state index contributed by atoms with van der Waals surface area (Å²) >= 11 is 0. The van der Waals surface area contributed by atoms with Gasteiger partial charge in [0, 0.05) is 28.7 Å². The lowest BCUT2D eigenvalue weighted by Crippen LogP contribution is -2.37. The Bertz CT molecular complexity index is 1250. The van der Waals surface area contributed by atoms with E-state index in [0.717, 1.165) is 5.56 Å². The number of carbonyl (C=O) groups excluding carboxylic acids is 1. The first-order valence-electron chi connectivity index (χ1n) is 10.7. The lowest BCUT2D eigenvalue weighted by Gasteiger charge is -2.26. The largest absolute Gasteiger partial charge is 0.486 e. The second-order valence-corrected chi connectivity index (χ2v) is 7.91. The smallest absolute Gasteiger partial charge is 0.343 e. The van der Waals surface area contributed by atoms with Gasteiger partial charge in [-0.15, -0.1) is 0 Å². The van der Waals surface area contributed by atoms with Crippen LogP contribution < -0.4 is 10.1 Å². The van der Waals surface area contributed by atoms with Crippen LogP contribution in [0.5, 0.6) is 5.75 Å². The molecule has 172 valence electrons. The molecule has 1 N–H and O–H groups in total. The summed E-state index contributed by atoms with van der Waals surface area (Å²) in [6, 6.07) is 4.23. The Hall–Kier alpha value is -3.85. The quantitative estimate of drug-likeness (QED) is 0.230. The number of rotatable bonds is 8. The third kappa shape index (κ3) is 4.27. The molecule has 0 saturated carbocycles. The van der Waals surface area contributed by atoms with Gasteiger partial charge < -0.3 is 14.8 Å². The predicted octanol–water partition coefficient (Wildman–Crippen LogP) is 4.61. The summed E-state index contributed by atoms with van der Waals surface area (Å²) in [5, 5.41) is 11.1. The molecule has 1 aliphatic heterocycles. The van der Waals surface area contributed by atoms with Crippen molar-refractivity contribution < 1.29 is 18.7 Å². The number of aromatic nitrogens is 3. The van der Waals surface area contributed by atoms with Crippen molar-refractivity contribution >= 4 is 17.4 Å². The van der Waals surface area contributed by atoms with Crippen LogP contribution in [0.25, 0.3) is 16.1 Å². The van der Waals surface area contributed by atoms with E-state index in [9.17, 15) is 9.18 Å². The summed E-state index contributed by atoms with van der Waals surface area (Å²) in [5.74, 6) is 0.190. The lowest BCUT2D eigenvalue weighted by molar-refractivity contribution is 0.0528. The summed E-state index contributed by atoms with van der Waals surface area (Å²) in [4.78, 5) is 19.5. The average molecular weight is 453 g/mol. The molecule has 0 aliphatic carbocycles. The standard InChI is InChI=1S/C22H24FN7O3/c1-4-22(12-25-29-24)10-14-8-15(23)9-16(19(14)33-22)13(3)27-18-6-7-30-20(28-18)17(11-26-30)21(31)32-5-2/h6-9,11,13H,4-5,10,12H2,1-3H3,(H,27,28)/t13-,22?/m1/s1. The van der Waals surface area contributed by atoms with Gasteiger partial charge in [-0.3, -0.25) is 0 Å². The first-order valence-corrected chi connectivity index (χ1v) is 10.7. The van der Waals surface area contributed by atoms with Crippen LogP contribution in [-0.2, 0) is 11.2 Å². The molecule has 3 heterocycles. The molecule has 0 fully saturated rings.